The van der Waals surface area contributed by atoms with Gasteiger partial charge in [0.05, 0.1) is 6.42 Å². The van der Waals surface area contributed by atoms with Crippen LogP contribution in [0.1, 0.15) is 39.0 Å². The van der Waals surface area contributed by atoms with Crippen LogP contribution in [0.4, 0.5) is 5.69 Å². The van der Waals surface area contributed by atoms with E-state index in [2.05, 4.69) is 5.32 Å². The Morgan fingerprint density at radius 1 is 1.12 bits per heavy atom. The molecule has 24 heavy (non-hydrogen) atoms. The fourth-order valence-electron chi connectivity index (χ4n) is 3.08. The van der Waals surface area contributed by atoms with Gasteiger partial charge in [-0.15, -0.1) is 0 Å². The van der Waals surface area contributed by atoms with E-state index < -0.39 is 11.5 Å². The van der Waals surface area contributed by atoms with Gasteiger partial charge in [-0.1, -0.05) is 17.7 Å². The van der Waals surface area contributed by atoms with E-state index in [4.69, 9.17) is 11.6 Å². The van der Waals surface area contributed by atoms with Gasteiger partial charge < -0.3 is 10.4 Å². The molecular formula is C19H18ClNO3. The van der Waals surface area contributed by atoms with E-state index in [-0.39, 0.29) is 12.2 Å². The van der Waals surface area contributed by atoms with Gasteiger partial charge in [-0.3, -0.25) is 9.59 Å². The number of aryl methyl sites for hydroxylation is 3. The van der Waals surface area contributed by atoms with E-state index in [1.807, 2.05) is 32.9 Å². The molecule has 0 bridgehead atoms. The van der Waals surface area contributed by atoms with Crippen molar-refractivity contribution >= 4 is 29.0 Å². The van der Waals surface area contributed by atoms with Gasteiger partial charge in [0.1, 0.15) is 0 Å². The highest BCUT2D eigenvalue weighted by Gasteiger charge is 2.47. The minimum Gasteiger partial charge on any atom is -0.375 e. The van der Waals surface area contributed by atoms with Crippen LogP contribution in [0.3, 0.4) is 0 Å². The first-order chi connectivity index (χ1) is 11.2. The topological polar surface area (TPSA) is 66.4 Å². The third kappa shape index (κ3) is 2.62. The van der Waals surface area contributed by atoms with Crippen molar-refractivity contribution < 1.29 is 14.7 Å². The maximum atomic E-state index is 12.8. The molecule has 4 nitrogen and oxygen atoms in total. The molecule has 3 rings (SSSR count). The number of aliphatic hydroxyl groups is 1. The lowest BCUT2D eigenvalue weighted by Gasteiger charge is -2.21. The number of hydrogen-bond acceptors (Lipinski definition) is 3. The van der Waals surface area contributed by atoms with Crippen LogP contribution in [0, 0.1) is 20.8 Å². The summed E-state index contributed by atoms with van der Waals surface area (Å²) in [6, 6.07) is 8.52. The second kappa shape index (κ2) is 5.72. The van der Waals surface area contributed by atoms with Gasteiger partial charge in [0.15, 0.2) is 11.4 Å². The first-order valence-corrected chi connectivity index (χ1v) is 8.05. The van der Waals surface area contributed by atoms with E-state index in [9.17, 15) is 14.7 Å². The number of amides is 1. The molecule has 0 aliphatic carbocycles. The molecule has 1 aliphatic heterocycles. The Hall–Kier alpha value is -2.17. The van der Waals surface area contributed by atoms with Gasteiger partial charge in [0.25, 0.3) is 5.91 Å². The zero-order valence-corrected chi connectivity index (χ0v) is 14.5. The van der Waals surface area contributed by atoms with Crippen molar-refractivity contribution in [2.75, 3.05) is 5.32 Å². The van der Waals surface area contributed by atoms with Crippen molar-refractivity contribution in [3.63, 3.8) is 0 Å². The van der Waals surface area contributed by atoms with Crippen LogP contribution >= 0.6 is 11.6 Å². The zero-order valence-electron chi connectivity index (χ0n) is 13.7. The van der Waals surface area contributed by atoms with Crippen LogP contribution in [-0.2, 0) is 10.4 Å². The Labute approximate surface area is 145 Å². The molecule has 1 aliphatic rings. The SMILES string of the molecule is Cc1cc(C)c(C(=O)C[C@@]2(O)C(=O)Nc3ccc(Cl)cc32)cc1C. The van der Waals surface area contributed by atoms with Gasteiger partial charge in [0, 0.05) is 21.8 Å². The summed E-state index contributed by atoms with van der Waals surface area (Å²) in [6.07, 6.45) is -0.324. The molecule has 124 valence electrons. The van der Waals surface area contributed by atoms with Crippen LogP contribution in [0.2, 0.25) is 5.02 Å². The van der Waals surface area contributed by atoms with Gasteiger partial charge in [0.2, 0.25) is 0 Å². The Balaban J connectivity index is 1.99. The molecule has 2 aromatic rings. The molecule has 2 N–H and O–H groups in total. The monoisotopic (exact) mass is 343 g/mol. The number of hydrogen-bond donors (Lipinski definition) is 2. The number of carbonyl (C=O) groups is 2. The van der Waals surface area contributed by atoms with E-state index >= 15 is 0 Å². The minimum absolute atomic E-state index is 0.277. The number of fused-ring (bicyclic) bond motifs is 1. The van der Waals surface area contributed by atoms with Gasteiger partial charge in [-0.2, -0.15) is 0 Å². The average molecular weight is 344 g/mol. The lowest BCUT2D eigenvalue weighted by molar-refractivity contribution is -0.133. The second-order valence-corrected chi connectivity index (χ2v) is 6.79. The average Bonchev–Trinajstić information content (AvgIpc) is 2.74. The first kappa shape index (κ1) is 16.7. The van der Waals surface area contributed by atoms with Crippen LogP contribution in [0.15, 0.2) is 30.3 Å². The summed E-state index contributed by atoms with van der Waals surface area (Å²) in [7, 11) is 0. The van der Waals surface area contributed by atoms with Crippen molar-refractivity contribution in [2.24, 2.45) is 0 Å². The molecule has 1 heterocycles. The molecule has 2 aromatic carbocycles. The Morgan fingerprint density at radius 3 is 2.50 bits per heavy atom. The molecular weight excluding hydrogens is 326 g/mol. The van der Waals surface area contributed by atoms with Crippen LogP contribution < -0.4 is 5.32 Å². The van der Waals surface area contributed by atoms with Crippen molar-refractivity contribution in [1.82, 2.24) is 0 Å². The molecule has 5 heteroatoms. The minimum atomic E-state index is -1.90. The molecule has 0 saturated carbocycles. The number of Topliss-reactive ketones (excluding diaryl/α,β-unsaturated/α-hetero) is 1. The van der Waals surface area contributed by atoms with Gasteiger partial charge >= 0.3 is 0 Å². The number of benzene rings is 2. The second-order valence-electron chi connectivity index (χ2n) is 6.36. The number of anilines is 1. The molecule has 0 radical (unpaired) electrons. The quantitative estimate of drug-likeness (QED) is 0.835. The predicted octanol–water partition coefficient (Wildman–Crippen LogP) is 3.68. The number of rotatable bonds is 3. The molecule has 0 spiro atoms. The normalized spacial score (nSPS) is 19.1. The lowest BCUT2D eigenvalue weighted by atomic mass is 9.86. The van der Waals surface area contributed by atoms with Crippen LogP contribution in [-0.4, -0.2) is 16.8 Å². The van der Waals surface area contributed by atoms with E-state index in [1.165, 1.54) is 6.07 Å². The molecule has 1 amide bonds. The van der Waals surface area contributed by atoms with E-state index in [0.717, 1.165) is 16.7 Å². The number of halogens is 1. The summed E-state index contributed by atoms with van der Waals surface area (Å²) in [6.45, 7) is 5.76. The van der Waals surface area contributed by atoms with Crippen molar-refractivity contribution in [2.45, 2.75) is 32.8 Å². The molecule has 0 unspecified atom stereocenters. The number of nitrogens with one attached hydrogen (secondary N) is 1. The molecule has 0 saturated heterocycles. The van der Waals surface area contributed by atoms with E-state index in [0.29, 0.717) is 21.8 Å². The van der Waals surface area contributed by atoms with E-state index in [1.54, 1.807) is 12.1 Å². The maximum Gasteiger partial charge on any atom is 0.261 e. The Bertz CT molecular complexity index is 875. The third-order valence-corrected chi connectivity index (χ3v) is 4.84. The highest BCUT2D eigenvalue weighted by Crippen LogP contribution is 2.40. The van der Waals surface area contributed by atoms with Crippen molar-refractivity contribution in [3.05, 3.63) is 63.2 Å². The van der Waals surface area contributed by atoms with Gasteiger partial charge in [-0.25, -0.2) is 0 Å². The number of ketones is 1. The standard InChI is InChI=1S/C19H18ClNO3/c1-10-6-12(3)14(7-11(10)2)17(22)9-19(24)15-8-13(20)4-5-16(15)21-18(19)23/h4-8,24H,9H2,1-3H3,(H,21,23)/t19-/m0/s1. The Morgan fingerprint density at radius 2 is 1.79 bits per heavy atom. The summed E-state index contributed by atoms with van der Waals surface area (Å²) in [5.41, 5.74) is 2.37. The predicted molar refractivity (Wildman–Crippen MR) is 93.6 cm³/mol. The maximum absolute atomic E-state index is 12.8. The molecule has 0 fully saturated rings. The van der Waals surface area contributed by atoms with Crippen molar-refractivity contribution in [3.8, 4) is 0 Å². The summed E-state index contributed by atoms with van der Waals surface area (Å²) in [5.74, 6) is -0.879. The molecule has 0 aromatic heterocycles. The Kier molecular flexibility index (Phi) is 3.98. The highest BCUT2D eigenvalue weighted by atomic mass is 35.5. The summed E-state index contributed by atoms with van der Waals surface area (Å²) >= 11 is 5.98. The smallest absolute Gasteiger partial charge is 0.261 e. The van der Waals surface area contributed by atoms with Crippen molar-refractivity contribution in [1.29, 1.82) is 0 Å². The fourth-order valence-corrected chi connectivity index (χ4v) is 3.25. The fraction of sp³-hybridized carbons (Fsp3) is 0.263. The summed E-state index contributed by atoms with van der Waals surface area (Å²) < 4.78 is 0. The molecule has 1 atom stereocenters. The largest absolute Gasteiger partial charge is 0.375 e. The van der Waals surface area contributed by atoms with Crippen LogP contribution in [0.25, 0.3) is 0 Å². The van der Waals surface area contributed by atoms with Gasteiger partial charge in [-0.05, 0) is 61.7 Å². The highest BCUT2D eigenvalue weighted by molar-refractivity contribution is 6.31. The summed E-state index contributed by atoms with van der Waals surface area (Å²) in [5, 5.41) is 13.9. The summed E-state index contributed by atoms with van der Waals surface area (Å²) in [4.78, 5) is 25.0. The third-order valence-electron chi connectivity index (χ3n) is 4.61. The zero-order chi connectivity index (χ0) is 17.6. The first-order valence-electron chi connectivity index (χ1n) is 7.67. The lowest BCUT2D eigenvalue weighted by Crippen LogP contribution is -2.36. The number of carbonyl (C=O) groups excluding carboxylic acids is 2. The van der Waals surface area contributed by atoms with Crippen LogP contribution in [0.5, 0.6) is 0 Å².